The third-order valence-corrected chi connectivity index (χ3v) is 3.25. The summed E-state index contributed by atoms with van der Waals surface area (Å²) in [6.07, 6.45) is 1.71. The first kappa shape index (κ1) is 14.3. The molecule has 104 valence electrons. The van der Waals surface area contributed by atoms with E-state index in [9.17, 15) is 4.79 Å². The molecule has 1 aliphatic heterocycles. The van der Waals surface area contributed by atoms with E-state index in [0.717, 1.165) is 29.5 Å². The molecule has 0 saturated heterocycles. The Bertz CT molecular complexity index is 437. The Labute approximate surface area is 121 Å². The van der Waals surface area contributed by atoms with Gasteiger partial charge in [-0.1, -0.05) is 15.9 Å². The fourth-order valence-electron chi connectivity index (χ4n) is 1.96. The Morgan fingerprint density at radius 1 is 1.42 bits per heavy atom. The standard InChI is InChI=1S/C14H18BrNO3/c15-5-9-18-7-1-6-16-14(17)12-2-3-13-11(10-12)4-8-19-13/h2-3,10H,1,4-9H2,(H,16,17). The number of amides is 1. The lowest BCUT2D eigenvalue weighted by Gasteiger charge is -2.07. The summed E-state index contributed by atoms with van der Waals surface area (Å²) in [5.74, 6) is 0.870. The maximum absolute atomic E-state index is 11.9. The molecule has 1 aromatic rings. The number of benzene rings is 1. The zero-order chi connectivity index (χ0) is 13.5. The van der Waals surface area contributed by atoms with Crippen LogP contribution in [0.3, 0.4) is 0 Å². The Morgan fingerprint density at radius 2 is 2.32 bits per heavy atom. The van der Waals surface area contributed by atoms with Crippen molar-refractivity contribution in [2.45, 2.75) is 12.8 Å². The molecular weight excluding hydrogens is 310 g/mol. The predicted molar refractivity (Wildman–Crippen MR) is 77.2 cm³/mol. The van der Waals surface area contributed by atoms with Crippen LogP contribution in [0.15, 0.2) is 18.2 Å². The molecule has 0 fully saturated rings. The van der Waals surface area contributed by atoms with Crippen molar-refractivity contribution >= 4 is 21.8 Å². The molecule has 0 spiro atoms. The minimum absolute atomic E-state index is 0.0322. The van der Waals surface area contributed by atoms with Gasteiger partial charge in [-0.2, -0.15) is 0 Å². The van der Waals surface area contributed by atoms with E-state index < -0.39 is 0 Å². The van der Waals surface area contributed by atoms with Crippen LogP contribution in [0.2, 0.25) is 0 Å². The molecule has 0 unspecified atom stereocenters. The van der Waals surface area contributed by atoms with Crippen molar-refractivity contribution in [3.8, 4) is 5.75 Å². The Kier molecular flexibility index (Phi) is 5.66. The molecule has 0 saturated carbocycles. The molecule has 19 heavy (non-hydrogen) atoms. The highest BCUT2D eigenvalue weighted by Gasteiger charge is 2.14. The molecule has 2 rings (SSSR count). The summed E-state index contributed by atoms with van der Waals surface area (Å²) in [6, 6.07) is 5.59. The summed E-state index contributed by atoms with van der Waals surface area (Å²) in [6.45, 7) is 2.72. The van der Waals surface area contributed by atoms with Crippen molar-refractivity contribution in [1.82, 2.24) is 5.32 Å². The third kappa shape index (κ3) is 4.21. The Balaban J connectivity index is 1.74. The van der Waals surface area contributed by atoms with E-state index in [0.29, 0.717) is 31.9 Å². The van der Waals surface area contributed by atoms with Crippen molar-refractivity contribution < 1.29 is 14.3 Å². The summed E-state index contributed by atoms with van der Waals surface area (Å²) in [7, 11) is 0. The van der Waals surface area contributed by atoms with Gasteiger partial charge in [-0.05, 0) is 30.2 Å². The van der Waals surface area contributed by atoms with Crippen LogP contribution < -0.4 is 10.1 Å². The van der Waals surface area contributed by atoms with Crippen molar-refractivity contribution in [3.63, 3.8) is 0 Å². The monoisotopic (exact) mass is 327 g/mol. The quantitative estimate of drug-likeness (QED) is 0.616. The number of alkyl halides is 1. The molecular formula is C14H18BrNO3. The smallest absolute Gasteiger partial charge is 0.251 e. The highest BCUT2D eigenvalue weighted by molar-refractivity contribution is 9.09. The summed E-state index contributed by atoms with van der Waals surface area (Å²) < 4.78 is 10.7. The molecule has 4 nitrogen and oxygen atoms in total. The molecule has 1 aromatic carbocycles. The van der Waals surface area contributed by atoms with Crippen LogP contribution in [0.25, 0.3) is 0 Å². The molecule has 0 radical (unpaired) electrons. The lowest BCUT2D eigenvalue weighted by molar-refractivity contribution is 0.0944. The van der Waals surface area contributed by atoms with Crippen LogP contribution in [0.4, 0.5) is 0 Å². The average molecular weight is 328 g/mol. The second-order valence-electron chi connectivity index (χ2n) is 4.33. The number of fused-ring (bicyclic) bond motifs is 1. The molecule has 5 heteroatoms. The number of halogens is 1. The topological polar surface area (TPSA) is 47.6 Å². The first-order valence-electron chi connectivity index (χ1n) is 6.49. The lowest BCUT2D eigenvalue weighted by atomic mass is 10.1. The highest BCUT2D eigenvalue weighted by Crippen LogP contribution is 2.25. The van der Waals surface area contributed by atoms with Gasteiger partial charge in [-0.3, -0.25) is 4.79 Å². The predicted octanol–water partition coefficient (Wildman–Crippen LogP) is 2.15. The van der Waals surface area contributed by atoms with Crippen molar-refractivity contribution in [3.05, 3.63) is 29.3 Å². The largest absolute Gasteiger partial charge is 0.493 e. The Morgan fingerprint density at radius 3 is 3.16 bits per heavy atom. The van der Waals surface area contributed by atoms with Gasteiger partial charge in [-0.15, -0.1) is 0 Å². The molecule has 0 aromatic heterocycles. The van der Waals surface area contributed by atoms with E-state index in [1.54, 1.807) is 6.07 Å². The number of nitrogens with one attached hydrogen (secondary N) is 1. The van der Waals surface area contributed by atoms with Gasteiger partial charge >= 0.3 is 0 Å². The minimum atomic E-state index is -0.0322. The lowest BCUT2D eigenvalue weighted by Crippen LogP contribution is -2.25. The first-order chi connectivity index (χ1) is 9.31. The number of hydrogen-bond acceptors (Lipinski definition) is 3. The minimum Gasteiger partial charge on any atom is -0.493 e. The maximum Gasteiger partial charge on any atom is 0.251 e. The van der Waals surface area contributed by atoms with Crippen molar-refractivity contribution in [2.75, 3.05) is 31.7 Å². The van der Waals surface area contributed by atoms with Crippen LogP contribution in [0.5, 0.6) is 5.75 Å². The first-order valence-corrected chi connectivity index (χ1v) is 7.61. The van der Waals surface area contributed by atoms with Gasteiger partial charge in [0.25, 0.3) is 5.91 Å². The zero-order valence-corrected chi connectivity index (χ0v) is 12.4. The van der Waals surface area contributed by atoms with E-state index in [1.807, 2.05) is 12.1 Å². The summed E-state index contributed by atoms with van der Waals surface area (Å²) >= 11 is 3.29. The van der Waals surface area contributed by atoms with E-state index in [4.69, 9.17) is 9.47 Å². The maximum atomic E-state index is 11.9. The number of ether oxygens (including phenoxy) is 2. The van der Waals surface area contributed by atoms with Gasteiger partial charge < -0.3 is 14.8 Å². The van der Waals surface area contributed by atoms with Gasteiger partial charge in [0.2, 0.25) is 0 Å². The summed E-state index contributed by atoms with van der Waals surface area (Å²) in [5, 5.41) is 3.74. The van der Waals surface area contributed by atoms with Gasteiger partial charge in [0.1, 0.15) is 5.75 Å². The van der Waals surface area contributed by atoms with Gasteiger partial charge in [0.15, 0.2) is 0 Å². The van der Waals surface area contributed by atoms with Crippen molar-refractivity contribution in [2.24, 2.45) is 0 Å². The summed E-state index contributed by atoms with van der Waals surface area (Å²) in [5.41, 5.74) is 1.82. The van der Waals surface area contributed by atoms with E-state index in [1.165, 1.54) is 0 Å². The molecule has 1 heterocycles. The van der Waals surface area contributed by atoms with Gasteiger partial charge in [0.05, 0.1) is 13.2 Å². The number of rotatable bonds is 7. The van der Waals surface area contributed by atoms with Crippen LogP contribution in [0.1, 0.15) is 22.3 Å². The third-order valence-electron chi connectivity index (χ3n) is 2.92. The number of carbonyl (C=O) groups is 1. The van der Waals surface area contributed by atoms with Crippen LogP contribution >= 0.6 is 15.9 Å². The molecule has 1 N–H and O–H groups in total. The number of carbonyl (C=O) groups excluding carboxylic acids is 1. The SMILES string of the molecule is O=C(NCCCOCCBr)c1ccc2c(c1)CCO2. The zero-order valence-electron chi connectivity index (χ0n) is 10.8. The molecule has 1 amide bonds. The van der Waals surface area contributed by atoms with E-state index in [2.05, 4.69) is 21.2 Å². The summed E-state index contributed by atoms with van der Waals surface area (Å²) in [4.78, 5) is 11.9. The fraction of sp³-hybridized carbons (Fsp3) is 0.500. The second-order valence-corrected chi connectivity index (χ2v) is 5.12. The van der Waals surface area contributed by atoms with E-state index >= 15 is 0 Å². The van der Waals surface area contributed by atoms with Gasteiger partial charge in [0, 0.05) is 30.5 Å². The average Bonchev–Trinajstić information content (AvgIpc) is 2.89. The van der Waals surface area contributed by atoms with Gasteiger partial charge in [-0.25, -0.2) is 0 Å². The molecule has 0 aliphatic carbocycles. The van der Waals surface area contributed by atoms with Crippen LogP contribution in [0, 0.1) is 0 Å². The highest BCUT2D eigenvalue weighted by atomic mass is 79.9. The number of hydrogen-bond donors (Lipinski definition) is 1. The molecule has 0 atom stereocenters. The molecule has 0 bridgehead atoms. The molecule has 1 aliphatic rings. The Hall–Kier alpha value is -1.07. The fourth-order valence-corrected chi connectivity index (χ4v) is 2.19. The second kappa shape index (κ2) is 7.50. The van der Waals surface area contributed by atoms with Crippen LogP contribution in [-0.2, 0) is 11.2 Å². The van der Waals surface area contributed by atoms with Crippen molar-refractivity contribution in [1.29, 1.82) is 0 Å². The normalized spacial score (nSPS) is 12.9. The van der Waals surface area contributed by atoms with E-state index in [-0.39, 0.29) is 5.91 Å². The van der Waals surface area contributed by atoms with Crippen LogP contribution in [-0.4, -0.2) is 37.6 Å².